The Balaban J connectivity index is 3.70. The van der Waals surface area contributed by atoms with E-state index < -0.39 is 0 Å². The Morgan fingerprint density at radius 3 is 1.91 bits per heavy atom. The molecule has 0 saturated carbocycles. The fourth-order valence-electron chi connectivity index (χ4n) is 1.45. The molecule has 0 spiro atoms. The van der Waals surface area contributed by atoms with Crippen LogP contribution in [0.2, 0.25) is 6.32 Å². The summed E-state index contributed by atoms with van der Waals surface area (Å²) in [6.45, 7) is 10.3. The fourth-order valence-corrected chi connectivity index (χ4v) is 1.45. The standard InChI is InChI=1S/C8H21B2N/c1-7(2)11(8(3)4)6-5-10-9/h7-8,10H,5-6,9H2,1-4H3. The van der Waals surface area contributed by atoms with Crippen LogP contribution in [-0.2, 0) is 0 Å². The Morgan fingerprint density at radius 2 is 1.64 bits per heavy atom. The van der Waals surface area contributed by atoms with Crippen molar-refractivity contribution in [3.05, 3.63) is 0 Å². The summed E-state index contributed by atoms with van der Waals surface area (Å²) in [4.78, 5) is 2.55. The van der Waals surface area contributed by atoms with Crippen LogP contribution in [0.3, 0.4) is 0 Å². The van der Waals surface area contributed by atoms with Gasteiger partial charge in [-0.1, -0.05) is 6.32 Å². The van der Waals surface area contributed by atoms with Crippen LogP contribution in [-0.4, -0.2) is 38.4 Å². The van der Waals surface area contributed by atoms with Crippen LogP contribution in [0.25, 0.3) is 0 Å². The van der Waals surface area contributed by atoms with Gasteiger partial charge in [0.1, 0.15) is 0 Å². The first-order valence-corrected chi connectivity index (χ1v) is 4.85. The number of rotatable bonds is 5. The highest BCUT2D eigenvalue weighted by Gasteiger charge is 2.11. The van der Waals surface area contributed by atoms with Crippen molar-refractivity contribution in [1.82, 2.24) is 4.90 Å². The average Bonchev–Trinajstić information content (AvgIpc) is 1.87. The number of hydrogen-bond donors (Lipinski definition) is 0. The van der Waals surface area contributed by atoms with Crippen LogP contribution in [0.15, 0.2) is 0 Å². The molecular weight excluding hydrogens is 132 g/mol. The molecule has 0 heterocycles. The molecule has 0 rings (SSSR count). The molecule has 0 radical (unpaired) electrons. The molecule has 0 unspecified atom stereocenters. The van der Waals surface area contributed by atoms with Crippen molar-refractivity contribution in [3.63, 3.8) is 0 Å². The molecule has 11 heavy (non-hydrogen) atoms. The van der Waals surface area contributed by atoms with Gasteiger partial charge in [-0.05, 0) is 34.2 Å². The molecule has 0 atom stereocenters. The highest BCUT2D eigenvalue weighted by molar-refractivity contribution is 6.89. The zero-order valence-electron chi connectivity index (χ0n) is 8.72. The van der Waals surface area contributed by atoms with Crippen molar-refractivity contribution < 1.29 is 0 Å². The van der Waals surface area contributed by atoms with Gasteiger partial charge in [0.2, 0.25) is 0 Å². The quantitative estimate of drug-likeness (QED) is 0.520. The summed E-state index contributed by atoms with van der Waals surface area (Å²) >= 11 is 0. The minimum Gasteiger partial charge on any atom is -0.299 e. The first kappa shape index (κ1) is 11.1. The topological polar surface area (TPSA) is 3.24 Å². The van der Waals surface area contributed by atoms with Gasteiger partial charge in [0, 0.05) is 12.1 Å². The maximum absolute atomic E-state index is 2.55. The van der Waals surface area contributed by atoms with Crippen LogP contribution < -0.4 is 0 Å². The minimum atomic E-state index is 0.696. The molecule has 0 aliphatic carbocycles. The van der Waals surface area contributed by atoms with Crippen LogP contribution in [0, 0.1) is 0 Å². The van der Waals surface area contributed by atoms with Crippen molar-refractivity contribution in [1.29, 1.82) is 0 Å². The van der Waals surface area contributed by atoms with Crippen LogP contribution in [0.4, 0.5) is 0 Å². The lowest BCUT2D eigenvalue weighted by atomic mass is 9.53. The molecule has 0 N–H and O–H groups in total. The maximum Gasteiger partial charge on any atom is 0.0837 e. The van der Waals surface area contributed by atoms with Gasteiger partial charge in [-0.25, -0.2) is 0 Å². The summed E-state index contributed by atoms with van der Waals surface area (Å²) in [6, 6.07) is 1.39. The second kappa shape index (κ2) is 5.70. The lowest BCUT2D eigenvalue weighted by Gasteiger charge is -2.30. The summed E-state index contributed by atoms with van der Waals surface area (Å²) in [6.07, 6.45) is 1.33. The Bertz CT molecular complexity index is 86.1. The molecule has 3 heteroatoms. The normalized spacial score (nSPS) is 11.5. The van der Waals surface area contributed by atoms with Crippen molar-refractivity contribution in [3.8, 4) is 0 Å². The van der Waals surface area contributed by atoms with Gasteiger partial charge in [0.05, 0.1) is 14.9 Å². The predicted molar refractivity (Wildman–Crippen MR) is 57.5 cm³/mol. The van der Waals surface area contributed by atoms with Crippen molar-refractivity contribution in [2.45, 2.75) is 46.1 Å². The average molecular weight is 153 g/mol. The summed E-state index contributed by atoms with van der Waals surface area (Å²) in [7, 11) is 3.55. The summed E-state index contributed by atoms with van der Waals surface area (Å²) in [5.74, 6) is 0. The van der Waals surface area contributed by atoms with E-state index in [2.05, 4.69) is 40.3 Å². The van der Waals surface area contributed by atoms with E-state index in [4.69, 9.17) is 0 Å². The van der Waals surface area contributed by atoms with Gasteiger partial charge in [-0.2, -0.15) is 0 Å². The van der Waals surface area contributed by atoms with Crippen molar-refractivity contribution in [2.24, 2.45) is 0 Å². The summed E-state index contributed by atoms with van der Waals surface area (Å²) in [5.41, 5.74) is 0. The fraction of sp³-hybridized carbons (Fsp3) is 1.00. The zero-order chi connectivity index (χ0) is 8.85. The van der Waals surface area contributed by atoms with Gasteiger partial charge < -0.3 is 0 Å². The first-order valence-electron chi connectivity index (χ1n) is 4.85. The largest absolute Gasteiger partial charge is 0.299 e. The van der Waals surface area contributed by atoms with E-state index in [9.17, 15) is 0 Å². The van der Waals surface area contributed by atoms with E-state index >= 15 is 0 Å². The van der Waals surface area contributed by atoms with E-state index in [0.717, 1.165) is 0 Å². The lowest BCUT2D eigenvalue weighted by Crippen LogP contribution is -2.37. The second-order valence-corrected chi connectivity index (χ2v) is 3.78. The molecule has 0 aromatic heterocycles. The molecule has 0 aromatic rings. The highest BCUT2D eigenvalue weighted by atomic mass is 15.2. The van der Waals surface area contributed by atoms with E-state index in [1.165, 1.54) is 20.0 Å². The minimum absolute atomic E-state index is 0.696. The molecule has 0 bridgehead atoms. The van der Waals surface area contributed by atoms with Gasteiger partial charge >= 0.3 is 0 Å². The highest BCUT2D eigenvalue weighted by Crippen LogP contribution is 2.04. The molecule has 1 nitrogen and oxygen atoms in total. The first-order chi connectivity index (χ1) is 5.09. The van der Waals surface area contributed by atoms with Gasteiger partial charge in [-0.3, -0.25) is 4.90 Å². The molecule has 64 valence electrons. The monoisotopic (exact) mass is 153 g/mol. The zero-order valence-corrected chi connectivity index (χ0v) is 8.72. The SMILES string of the molecule is BBCCN(C(C)C)C(C)C. The van der Waals surface area contributed by atoms with Gasteiger partial charge in [0.15, 0.2) is 0 Å². The molecule has 0 aromatic carbocycles. The van der Waals surface area contributed by atoms with Crippen LogP contribution >= 0.6 is 0 Å². The smallest absolute Gasteiger partial charge is 0.0837 e. The third kappa shape index (κ3) is 4.52. The molecule has 0 aliphatic rings. The second-order valence-electron chi connectivity index (χ2n) is 3.78. The van der Waals surface area contributed by atoms with E-state index in [1.807, 2.05) is 0 Å². The van der Waals surface area contributed by atoms with Crippen molar-refractivity contribution >= 4 is 14.9 Å². The Kier molecular flexibility index (Phi) is 5.75. The van der Waals surface area contributed by atoms with Gasteiger partial charge in [-0.15, -0.1) is 0 Å². The Hall–Kier alpha value is 0.0899. The Labute approximate surface area is 73.2 Å². The van der Waals surface area contributed by atoms with E-state index in [0.29, 0.717) is 12.1 Å². The third-order valence-corrected chi connectivity index (χ3v) is 2.10. The summed E-state index contributed by atoms with van der Waals surface area (Å²) in [5, 5.41) is 0. The molecular formula is C8H21B2N. The molecule has 0 aliphatic heterocycles. The maximum atomic E-state index is 2.55. The number of nitrogens with zero attached hydrogens (tertiary/aromatic N) is 1. The lowest BCUT2D eigenvalue weighted by molar-refractivity contribution is 0.185. The summed E-state index contributed by atoms with van der Waals surface area (Å²) < 4.78 is 0. The molecule has 0 fully saturated rings. The Morgan fingerprint density at radius 1 is 1.18 bits per heavy atom. The third-order valence-electron chi connectivity index (χ3n) is 2.10. The predicted octanol–water partition coefficient (Wildman–Crippen LogP) is 0.508. The van der Waals surface area contributed by atoms with E-state index in [1.54, 1.807) is 0 Å². The van der Waals surface area contributed by atoms with Crippen LogP contribution in [0.5, 0.6) is 0 Å². The number of hydrogen-bond acceptors (Lipinski definition) is 1. The van der Waals surface area contributed by atoms with Crippen molar-refractivity contribution in [2.75, 3.05) is 6.54 Å². The van der Waals surface area contributed by atoms with Crippen LogP contribution in [0.1, 0.15) is 27.7 Å². The molecule has 0 amide bonds. The molecule has 0 saturated heterocycles. The van der Waals surface area contributed by atoms with E-state index in [-0.39, 0.29) is 0 Å². The van der Waals surface area contributed by atoms with Gasteiger partial charge in [0.25, 0.3) is 0 Å².